The van der Waals surface area contributed by atoms with Gasteiger partial charge in [-0.3, -0.25) is 4.99 Å². The summed E-state index contributed by atoms with van der Waals surface area (Å²) in [7, 11) is 1.49. The summed E-state index contributed by atoms with van der Waals surface area (Å²) in [6.45, 7) is 3.39. The van der Waals surface area contributed by atoms with E-state index in [4.69, 9.17) is 4.74 Å². The zero-order valence-electron chi connectivity index (χ0n) is 16.0. The highest BCUT2D eigenvalue weighted by Crippen LogP contribution is 2.30. The van der Waals surface area contributed by atoms with E-state index in [0.717, 1.165) is 22.3 Å². The van der Waals surface area contributed by atoms with Crippen LogP contribution in [0.4, 0.5) is 13.2 Å². The Morgan fingerprint density at radius 1 is 1.28 bits per heavy atom. The molecule has 0 bridgehead atoms. The average Bonchev–Trinajstić information content (AvgIpc) is 3.12. The van der Waals surface area contributed by atoms with Gasteiger partial charge >= 0.3 is 6.18 Å². The Balaban J connectivity index is 0.00000420. The molecule has 1 aromatic heterocycles. The second kappa shape index (κ2) is 12.1. The largest absolute Gasteiger partial charge is 0.504 e. The molecule has 0 aliphatic heterocycles. The van der Waals surface area contributed by atoms with Gasteiger partial charge in [0, 0.05) is 31.4 Å². The lowest BCUT2D eigenvalue weighted by Gasteiger charge is -2.12. The van der Waals surface area contributed by atoms with Gasteiger partial charge in [0.05, 0.1) is 12.1 Å². The van der Waals surface area contributed by atoms with Crippen molar-refractivity contribution in [2.75, 3.05) is 26.7 Å². The molecular weight excluding hydrogens is 520 g/mol. The van der Waals surface area contributed by atoms with Crippen LogP contribution in [0.1, 0.15) is 23.2 Å². The van der Waals surface area contributed by atoms with Crippen LogP contribution in [0, 0.1) is 0 Å². The van der Waals surface area contributed by atoms with E-state index in [2.05, 4.69) is 20.6 Å². The molecule has 0 spiro atoms. The first-order valence-electron chi connectivity index (χ1n) is 8.73. The maximum Gasteiger partial charge on any atom is 0.434 e. The zero-order valence-corrected chi connectivity index (χ0v) is 19.2. The highest BCUT2D eigenvalue weighted by molar-refractivity contribution is 14.0. The summed E-state index contributed by atoms with van der Waals surface area (Å²) in [5, 5.41) is 17.7. The summed E-state index contributed by atoms with van der Waals surface area (Å²) in [6.07, 6.45) is -3.54. The van der Waals surface area contributed by atoms with Gasteiger partial charge in [-0.25, -0.2) is 4.98 Å². The third kappa shape index (κ3) is 7.88. The number of para-hydroxylation sites is 1. The number of alkyl halides is 3. The summed E-state index contributed by atoms with van der Waals surface area (Å²) in [4.78, 5) is 7.96. The molecule has 2 rings (SSSR count). The molecule has 0 saturated heterocycles. The van der Waals surface area contributed by atoms with Gasteiger partial charge in [0.15, 0.2) is 23.2 Å². The van der Waals surface area contributed by atoms with Crippen molar-refractivity contribution in [1.82, 2.24) is 15.6 Å². The minimum atomic E-state index is -4.42. The highest BCUT2D eigenvalue weighted by atomic mass is 127. The number of hydrogen-bond acceptors (Lipinski definition) is 5. The van der Waals surface area contributed by atoms with Crippen LogP contribution in [0.15, 0.2) is 28.6 Å². The van der Waals surface area contributed by atoms with Crippen molar-refractivity contribution in [3.05, 3.63) is 39.8 Å². The van der Waals surface area contributed by atoms with Crippen molar-refractivity contribution >= 4 is 41.3 Å². The summed E-state index contributed by atoms with van der Waals surface area (Å²) >= 11 is 0.981. The molecule has 6 nitrogen and oxygen atoms in total. The first-order valence-corrected chi connectivity index (χ1v) is 9.61. The number of ether oxygens (including phenoxy) is 1. The number of phenolic OH excluding ortho intramolecular Hbond substituents is 1. The van der Waals surface area contributed by atoms with Crippen LogP contribution in [-0.4, -0.2) is 42.8 Å². The molecule has 0 unspecified atom stereocenters. The number of thiazole rings is 1. The average molecular weight is 544 g/mol. The van der Waals surface area contributed by atoms with E-state index in [9.17, 15) is 18.3 Å². The Labute approximate surface area is 188 Å². The van der Waals surface area contributed by atoms with Crippen LogP contribution in [0.25, 0.3) is 0 Å². The Morgan fingerprint density at radius 3 is 2.66 bits per heavy atom. The normalized spacial score (nSPS) is 11.7. The van der Waals surface area contributed by atoms with Gasteiger partial charge in [0.2, 0.25) is 0 Å². The van der Waals surface area contributed by atoms with Gasteiger partial charge < -0.3 is 20.5 Å². The number of methoxy groups -OCH3 is 1. The lowest BCUT2D eigenvalue weighted by Crippen LogP contribution is -2.38. The fourth-order valence-corrected chi connectivity index (χ4v) is 3.21. The maximum atomic E-state index is 12.6. The number of aliphatic imine (C=N–C) groups is 1. The lowest BCUT2D eigenvalue weighted by atomic mass is 10.1. The second-order valence-corrected chi connectivity index (χ2v) is 6.72. The van der Waals surface area contributed by atoms with Crippen LogP contribution < -0.4 is 15.4 Å². The molecule has 0 fully saturated rings. The summed E-state index contributed by atoms with van der Waals surface area (Å²) < 4.78 is 42.8. The number of nitrogens with zero attached hydrogens (tertiary/aromatic N) is 2. The molecular formula is C18H24F3IN4O2S. The molecule has 1 aromatic carbocycles. The Bertz CT molecular complexity index is 800. The predicted molar refractivity (Wildman–Crippen MR) is 119 cm³/mol. The third-order valence-electron chi connectivity index (χ3n) is 3.77. The van der Waals surface area contributed by atoms with Gasteiger partial charge in [0.1, 0.15) is 0 Å². The SMILES string of the molecule is CCNC(=NCCc1nc(C(F)(F)F)cs1)NCCc1cccc(OC)c1O.I. The van der Waals surface area contributed by atoms with Gasteiger partial charge in [0.25, 0.3) is 0 Å². The van der Waals surface area contributed by atoms with Gasteiger partial charge in [-0.2, -0.15) is 13.2 Å². The van der Waals surface area contributed by atoms with E-state index < -0.39 is 11.9 Å². The molecule has 0 aliphatic rings. The van der Waals surface area contributed by atoms with Crippen LogP contribution in [0.3, 0.4) is 0 Å². The maximum absolute atomic E-state index is 12.6. The number of halogens is 4. The van der Waals surface area contributed by atoms with Crippen molar-refractivity contribution in [2.45, 2.75) is 25.9 Å². The van der Waals surface area contributed by atoms with Gasteiger partial charge in [-0.15, -0.1) is 35.3 Å². The number of rotatable bonds is 8. The summed E-state index contributed by atoms with van der Waals surface area (Å²) in [5.41, 5.74) is -0.121. The molecule has 0 amide bonds. The number of aromatic hydroxyl groups is 1. The van der Waals surface area contributed by atoms with E-state index >= 15 is 0 Å². The summed E-state index contributed by atoms with van der Waals surface area (Å²) in [6, 6.07) is 5.29. The number of guanidine groups is 1. The smallest absolute Gasteiger partial charge is 0.434 e. The fourth-order valence-electron chi connectivity index (χ4n) is 2.41. The molecule has 2 aromatic rings. The standard InChI is InChI=1S/C18H23F3N4O2S.HI/c1-3-22-17(23-9-7-12-5-4-6-13(27-2)16(12)26)24-10-8-15-25-14(11-28-15)18(19,20)21;/h4-6,11,26H,3,7-10H2,1-2H3,(H2,22,23,24);1H. The van der Waals surface area contributed by atoms with E-state index in [1.165, 1.54) is 7.11 Å². The van der Waals surface area contributed by atoms with Crippen molar-refractivity contribution in [2.24, 2.45) is 4.99 Å². The first kappa shape index (κ1) is 25.3. The Kier molecular flexibility index (Phi) is 10.5. The molecule has 1 heterocycles. The number of phenols is 1. The third-order valence-corrected chi connectivity index (χ3v) is 4.68. The number of hydrogen-bond donors (Lipinski definition) is 3. The molecule has 0 radical (unpaired) electrons. The molecule has 0 aliphatic carbocycles. The van der Waals surface area contributed by atoms with Crippen molar-refractivity contribution < 1.29 is 23.0 Å². The molecule has 11 heteroatoms. The van der Waals surface area contributed by atoms with E-state index in [1.54, 1.807) is 12.1 Å². The molecule has 29 heavy (non-hydrogen) atoms. The Morgan fingerprint density at radius 2 is 2.03 bits per heavy atom. The zero-order chi connectivity index (χ0) is 20.6. The highest BCUT2D eigenvalue weighted by Gasteiger charge is 2.33. The van der Waals surface area contributed by atoms with Crippen LogP contribution in [0.5, 0.6) is 11.5 Å². The monoisotopic (exact) mass is 544 g/mol. The molecule has 162 valence electrons. The second-order valence-electron chi connectivity index (χ2n) is 5.78. The quantitative estimate of drug-likeness (QED) is 0.268. The first-order chi connectivity index (χ1) is 13.3. The molecule has 3 N–H and O–H groups in total. The lowest BCUT2D eigenvalue weighted by molar-refractivity contribution is -0.140. The Hall–Kier alpha value is -1.76. The van der Waals surface area contributed by atoms with Crippen LogP contribution in [0.2, 0.25) is 0 Å². The van der Waals surface area contributed by atoms with Crippen molar-refractivity contribution in [3.8, 4) is 11.5 Å². The summed E-state index contributed by atoms with van der Waals surface area (Å²) in [5.74, 6) is 1.08. The van der Waals surface area contributed by atoms with E-state index in [0.29, 0.717) is 49.2 Å². The molecule has 0 atom stereocenters. The minimum Gasteiger partial charge on any atom is -0.504 e. The van der Waals surface area contributed by atoms with E-state index in [1.807, 2.05) is 13.0 Å². The number of nitrogens with one attached hydrogen (secondary N) is 2. The fraction of sp³-hybridized carbons (Fsp3) is 0.444. The molecule has 0 saturated carbocycles. The number of aromatic nitrogens is 1. The van der Waals surface area contributed by atoms with Crippen LogP contribution in [-0.2, 0) is 19.0 Å². The van der Waals surface area contributed by atoms with Crippen LogP contribution >= 0.6 is 35.3 Å². The topological polar surface area (TPSA) is 78.8 Å². The van der Waals surface area contributed by atoms with Gasteiger partial charge in [-0.1, -0.05) is 12.1 Å². The minimum absolute atomic E-state index is 0. The van der Waals surface area contributed by atoms with Crippen molar-refractivity contribution in [3.63, 3.8) is 0 Å². The van der Waals surface area contributed by atoms with Crippen molar-refractivity contribution in [1.29, 1.82) is 0 Å². The number of benzene rings is 1. The predicted octanol–water partition coefficient (Wildman–Crippen LogP) is 3.83. The van der Waals surface area contributed by atoms with Gasteiger partial charge in [-0.05, 0) is 25.0 Å². The van der Waals surface area contributed by atoms with E-state index in [-0.39, 0.29) is 29.7 Å².